The van der Waals surface area contributed by atoms with E-state index in [9.17, 15) is 0 Å². The molecule has 1 aliphatic rings. The summed E-state index contributed by atoms with van der Waals surface area (Å²) in [5, 5.41) is 0.308. The molecule has 1 fully saturated rings. The quantitative estimate of drug-likeness (QED) is 0.843. The lowest BCUT2D eigenvalue weighted by Gasteiger charge is -2.32. The normalized spacial score (nSPS) is 24.7. The number of hydrogen-bond acceptors (Lipinski definition) is 4. The summed E-state index contributed by atoms with van der Waals surface area (Å²) in [4.78, 5) is 7.82. The molecule has 1 aromatic heterocycles. The number of rotatable bonds is 2. The molecule has 2 rings (SSSR count). The summed E-state index contributed by atoms with van der Waals surface area (Å²) in [7, 11) is 0. The SMILES string of the molecule is Cl.NC1CC(Oc2nccnc2Cl)C1. The maximum Gasteiger partial charge on any atom is 0.252 e. The van der Waals surface area contributed by atoms with Gasteiger partial charge in [0.2, 0.25) is 0 Å². The van der Waals surface area contributed by atoms with Gasteiger partial charge in [-0.1, -0.05) is 11.6 Å². The molecular weight excluding hydrogens is 225 g/mol. The van der Waals surface area contributed by atoms with E-state index in [-0.39, 0.29) is 24.6 Å². The van der Waals surface area contributed by atoms with Crippen LogP contribution in [0.1, 0.15) is 12.8 Å². The Morgan fingerprint density at radius 3 is 2.57 bits per heavy atom. The first-order chi connectivity index (χ1) is 6.25. The van der Waals surface area contributed by atoms with Crippen molar-refractivity contribution in [1.82, 2.24) is 9.97 Å². The summed E-state index contributed by atoms with van der Waals surface area (Å²) in [5.41, 5.74) is 5.61. The molecule has 1 aliphatic carbocycles. The Morgan fingerprint density at radius 1 is 1.36 bits per heavy atom. The van der Waals surface area contributed by atoms with Gasteiger partial charge in [-0.2, -0.15) is 0 Å². The van der Waals surface area contributed by atoms with Crippen molar-refractivity contribution in [3.8, 4) is 5.88 Å². The predicted molar refractivity (Wildman–Crippen MR) is 55.9 cm³/mol. The van der Waals surface area contributed by atoms with Crippen molar-refractivity contribution in [3.05, 3.63) is 17.5 Å². The van der Waals surface area contributed by atoms with Crippen LogP contribution in [0.15, 0.2) is 12.4 Å². The Labute approximate surface area is 93.2 Å². The molecule has 78 valence electrons. The van der Waals surface area contributed by atoms with Gasteiger partial charge in [-0.15, -0.1) is 12.4 Å². The average Bonchev–Trinajstić information content (AvgIpc) is 2.06. The zero-order chi connectivity index (χ0) is 9.26. The van der Waals surface area contributed by atoms with E-state index in [2.05, 4.69) is 9.97 Å². The summed E-state index contributed by atoms with van der Waals surface area (Å²) in [6.07, 6.45) is 4.98. The summed E-state index contributed by atoms with van der Waals surface area (Å²) in [5.74, 6) is 0.404. The molecule has 0 radical (unpaired) electrons. The number of ether oxygens (including phenoxy) is 1. The zero-order valence-corrected chi connectivity index (χ0v) is 8.96. The van der Waals surface area contributed by atoms with Gasteiger partial charge in [0.05, 0.1) is 0 Å². The van der Waals surface area contributed by atoms with Crippen molar-refractivity contribution in [1.29, 1.82) is 0 Å². The van der Waals surface area contributed by atoms with Crippen molar-refractivity contribution < 1.29 is 4.74 Å². The Balaban J connectivity index is 0.000000980. The number of aromatic nitrogens is 2. The lowest BCUT2D eigenvalue weighted by Crippen LogP contribution is -2.43. The van der Waals surface area contributed by atoms with Gasteiger partial charge in [0.25, 0.3) is 5.88 Å². The summed E-state index contributed by atoms with van der Waals surface area (Å²) < 4.78 is 5.47. The van der Waals surface area contributed by atoms with E-state index in [1.165, 1.54) is 6.20 Å². The highest BCUT2D eigenvalue weighted by atomic mass is 35.5. The molecule has 0 atom stereocenters. The third kappa shape index (κ3) is 2.47. The van der Waals surface area contributed by atoms with Crippen molar-refractivity contribution >= 4 is 24.0 Å². The molecule has 1 saturated carbocycles. The van der Waals surface area contributed by atoms with Crippen LogP contribution in [0.5, 0.6) is 5.88 Å². The Kier molecular flexibility index (Phi) is 3.92. The molecule has 6 heteroatoms. The minimum absolute atomic E-state index is 0. The van der Waals surface area contributed by atoms with Gasteiger partial charge < -0.3 is 10.5 Å². The van der Waals surface area contributed by atoms with Gasteiger partial charge in [-0.25, -0.2) is 9.97 Å². The van der Waals surface area contributed by atoms with E-state index in [4.69, 9.17) is 22.1 Å². The van der Waals surface area contributed by atoms with Crippen LogP contribution in [-0.2, 0) is 0 Å². The fourth-order valence-electron chi connectivity index (χ4n) is 1.25. The highest BCUT2D eigenvalue weighted by molar-refractivity contribution is 6.30. The van der Waals surface area contributed by atoms with Crippen LogP contribution in [0.25, 0.3) is 0 Å². The fraction of sp³-hybridized carbons (Fsp3) is 0.500. The van der Waals surface area contributed by atoms with Gasteiger partial charge in [-0.05, 0) is 12.8 Å². The zero-order valence-electron chi connectivity index (χ0n) is 7.39. The van der Waals surface area contributed by atoms with Gasteiger partial charge in [0.1, 0.15) is 6.10 Å². The second-order valence-electron chi connectivity index (χ2n) is 3.12. The van der Waals surface area contributed by atoms with Crippen molar-refractivity contribution in [2.45, 2.75) is 25.0 Å². The fourth-order valence-corrected chi connectivity index (χ4v) is 1.40. The third-order valence-electron chi connectivity index (χ3n) is 2.03. The standard InChI is InChI=1S/C8H10ClN3O.ClH/c9-7-8(12-2-1-11-7)13-6-3-5(10)4-6;/h1-2,5-6H,3-4,10H2;1H. The molecule has 0 spiro atoms. The van der Waals surface area contributed by atoms with Crippen LogP contribution in [0.2, 0.25) is 5.15 Å². The Morgan fingerprint density at radius 2 is 2.00 bits per heavy atom. The largest absolute Gasteiger partial charge is 0.472 e. The third-order valence-corrected chi connectivity index (χ3v) is 2.29. The van der Waals surface area contributed by atoms with E-state index >= 15 is 0 Å². The highest BCUT2D eigenvalue weighted by Gasteiger charge is 2.28. The maximum atomic E-state index is 5.76. The van der Waals surface area contributed by atoms with E-state index in [0.29, 0.717) is 11.0 Å². The van der Waals surface area contributed by atoms with Crippen LogP contribution in [0, 0.1) is 0 Å². The molecule has 0 aliphatic heterocycles. The van der Waals surface area contributed by atoms with E-state index < -0.39 is 0 Å². The van der Waals surface area contributed by atoms with Crippen molar-refractivity contribution in [2.24, 2.45) is 5.73 Å². The summed E-state index contributed by atoms with van der Waals surface area (Å²) >= 11 is 5.76. The minimum atomic E-state index is 0. The van der Waals surface area contributed by atoms with Crippen LogP contribution < -0.4 is 10.5 Å². The maximum absolute atomic E-state index is 5.76. The second-order valence-corrected chi connectivity index (χ2v) is 3.48. The van der Waals surface area contributed by atoms with Crippen molar-refractivity contribution in [3.63, 3.8) is 0 Å². The van der Waals surface area contributed by atoms with Gasteiger partial charge in [0.15, 0.2) is 5.15 Å². The van der Waals surface area contributed by atoms with Crippen LogP contribution in [0.4, 0.5) is 0 Å². The molecule has 0 aromatic carbocycles. The molecular formula is C8H11Cl2N3O. The van der Waals surface area contributed by atoms with Crippen LogP contribution >= 0.6 is 24.0 Å². The molecule has 1 aromatic rings. The lowest BCUT2D eigenvalue weighted by molar-refractivity contribution is 0.0955. The van der Waals surface area contributed by atoms with Crippen molar-refractivity contribution in [2.75, 3.05) is 0 Å². The topological polar surface area (TPSA) is 61.0 Å². The lowest BCUT2D eigenvalue weighted by atomic mass is 9.90. The van der Waals surface area contributed by atoms with Crippen LogP contribution in [-0.4, -0.2) is 22.1 Å². The molecule has 14 heavy (non-hydrogen) atoms. The first kappa shape index (κ1) is 11.5. The van der Waals surface area contributed by atoms with Crippen LogP contribution in [0.3, 0.4) is 0 Å². The van der Waals surface area contributed by atoms with Gasteiger partial charge in [-0.3, -0.25) is 0 Å². The molecule has 0 bridgehead atoms. The molecule has 1 heterocycles. The Hall–Kier alpha value is -0.580. The summed E-state index contributed by atoms with van der Waals surface area (Å²) in [6, 6.07) is 0.264. The number of hydrogen-bond donors (Lipinski definition) is 1. The highest BCUT2D eigenvalue weighted by Crippen LogP contribution is 2.26. The molecule has 2 N–H and O–H groups in total. The first-order valence-corrected chi connectivity index (χ1v) is 4.52. The second kappa shape index (κ2) is 4.77. The Bertz CT molecular complexity index is 304. The molecule has 4 nitrogen and oxygen atoms in total. The minimum Gasteiger partial charge on any atom is -0.472 e. The molecule has 0 unspecified atom stereocenters. The first-order valence-electron chi connectivity index (χ1n) is 4.14. The predicted octanol–water partition coefficient (Wildman–Crippen LogP) is 1.42. The number of nitrogens with zero attached hydrogens (tertiary/aromatic N) is 2. The van der Waals surface area contributed by atoms with E-state index in [1.807, 2.05) is 0 Å². The monoisotopic (exact) mass is 235 g/mol. The van der Waals surface area contributed by atoms with E-state index in [1.54, 1.807) is 6.20 Å². The number of nitrogens with two attached hydrogens (primary N) is 1. The average molecular weight is 236 g/mol. The smallest absolute Gasteiger partial charge is 0.252 e. The molecule has 0 amide bonds. The summed E-state index contributed by atoms with van der Waals surface area (Å²) in [6.45, 7) is 0. The molecule has 0 saturated heterocycles. The van der Waals surface area contributed by atoms with Gasteiger partial charge >= 0.3 is 0 Å². The van der Waals surface area contributed by atoms with Gasteiger partial charge in [0, 0.05) is 18.4 Å². The number of halogens is 2. The van der Waals surface area contributed by atoms with E-state index in [0.717, 1.165) is 12.8 Å².